The molecule has 1 fully saturated rings. The lowest BCUT2D eigenvalue weighted by molar-refractivity contribution is -0.122. The van der Waals surface area contributed by atoms with E-state index in [4.69, 9.17) is 11.6 Å². The molecule has 4 amide bonds. The average Bonchev–Trinajstić information content (AvgIpc) is 3.26. The fraction of sp³-hybridized carbons (Fsp3) is 0.0645. The van der Waals surface area contributed by atoms with Crippen molar-refractivity contribution < 1.29 is 14.4 Å². The number of halogens is 1. The number of imide groups is 2. The molecule has 0 spiro atoms. The number of benzene rings is 4. The molecular weight excluding hydrogens is 498 g/mol. The Morgan fingerprint density at radius 3 is 2.42 bits per heavy atom. The molecule has 1 aromatic heterocycles. The van der Waals surface area contributed by atoms with Gasteiger partial charge in [-0.1, -0.05) is 78.3 Å². The van der Waals surface area contributed by atoms with Crippen LogP contribution in [0.15, 0.2) is 96.7 Å². The number of aryl methyl sites for hydroxylation is 1. The highest BCUT2D eigenvalue weighted by molar-refractivity contribution is 6.39. The highest BCUT2D eigenvalue weighted by atomic mass is 35.5. The molecular formula is C31H22ClN3O3. The summed E-state index contributed by atoms with van der Waals surface area (Å²) < 4.78 is 2.11. The van der Waals surface area contributed by atoms with Crippen LogP contribution in [0, 0.1) is 6.92 Å². The van der Waals surface area contributed by atoms with E-state index in [9.17, 15) is 14.4 Å². The number of carbonyl (C=O) groups excluding carboxylic acids is 3. The first-order chi connectivity index (χ1) is 18.4. The third-order valence-electron chi connectivity index (χ3n) is 6.86. The second-order valence-corrected chi connectivity index (χ2v) is 9.67. The van der Waals surface area contributed by atoms with Crippen LogP contribution in [0.2, 0.25) is 5.02 Å². The normalized spacial score (nSPS) is 15.1. The Hall–Kier alpha value is -4.68. The number of fused-ring (bicyclic) bond motifs is 2. The second kappa shape index (κ2) is 9.32. The van der Waals surface area contributed by atoms with E-state index in [0.717, 1.165) is 32.3 Å². The molecule has 1 saturated heterocycles. The fourth-order valence-electron chi connectivity index (χ4n) is 4.90. The Kier molecular flexibility index (Phi) is 5.81. The van der Waals surface area contributed by atoms with Crippen LogP contribution in [0.5, 0.6) is 0 Å². The number of nitrogens with one attached hydrogen (secondary N) is 1. The van der Waals surface area contributed by atoms with Crippen LogP contribution in [0.3, 0.4) is 0 Å². The number of nitrogens with zero attached hydrogens (tertiary/aromatic N) is 2. The van der Waals surface area contributed by atoms with Gasteiger partial charge in [0.1, 0.15) is 5.57 Å². The van der Waals surface area contributed by atoms with E-state index in [2.05, 4.69) is 34.1 Å². The minimum Gasteiger partial charge on any atom is -0.342 e. The summed E-state index contributed by atoms with van der Waals surface area (Å²) in [6.45, 7) is 2.44. The summed E-state index contributed by atoms with van der Waals surface area (Å²) in [6.07, 6.45) is 3.48. The van der Waals surface area contributed by atoms with Gasteiger partial charge in [0.15, 0.2) is 0 Å². The summed E-state index contributed by atoms with van der Waals surface area (Å²) in [7, 11) is 0. The van der Waals surface area contributed by atoms with Crippen LogP contribution in [-0.2, 0) is 16.1 Å². The zero-order valence-electron chi connectivity index (χ0n) is 20.4. The van der Waals surface area contributed by atoms with Crippen LogP contribution in [0.1, 0.15) is 16.7 Å². The number of hydrogen-bond donors (Lipinski definition) is 1. The molecule has 2 heterocycles. The summed E-state index contributed by atoms with van der Waals surface area (Å²) in [6, 6.07) is 26.4. The molecule has 0 saturated carbocycles. The second-order valence-electron chi connectivity index (χ2n) is 9.26. The Morgan fingerprint density at radius 2 is 1.61 bits per heavy atom. The molecule has 0 aliphatic carbocycles. The summed E-state index contributed by atoms with van der Waals surface area (Å²) in [4.78, 5) is 39.8. The summed E-state index contributed by atoms with van der Waals surface area (Å²) in [5.41, 5.74) is 3.80. The molecule has 0 unspecified atom stereocenters. The molecule has 1 aliphatic heterocycles. The van der Waals surface area contributed by atoms with Crippen molar-refractivity contribution in [2.24, 2.45) is 0 Å². The van der Waals surface area contributed by atoms with E-state index in [-0.39, 0.29) is 5.57 Å². The largest absolute Gasteiger partial charge is 0.342 e. The molecule has 5 aromatic rings. The number of amides is 4. The SMILES string of the molecule is Cc1ccc(N2C(=O)NC(=O)/C(=C/c3cn(Cc4cccc5ccccc45)c4ccccc34)C2=O)cc1Cl. The molecule has 186 valence electrons. The molecule has 38 heavy (non-hydrogen) atoms. The number of para-hydroxylation sites is 1. The van der Waals surface area contributed by atoms with Crippen LogP contribution >= 0.6 is 11.6 Å². The summed E-state index contributed by atoms with van der Waals surface area (Å²) in [5.74, 6) is -1.44. The molecule has 1 aliphatic rings. The van der Waals surface area contributed by atoms with Gasteiger partial charge in [-0.25, -0.2) is 9.69 Å². The quantitative estimate of drug-likeness (QED) is 0.218. The van der Waals surface area contributed by atoms with Crippen LogP contribution in [0.4, 0.5) is 10.5 Å². The fourth-order valence-corrected chi connectivity index (χ4v) is 5.08. The van der Waals surface area contributed by atoms with Gasteiger partial charge in [-0.2, -0.15) is 0 Å². The number of urea groups is 1. The van der Waals surface area contributed by atoms with Gasteiger partial charge in [0, 0.05) is 34.2 Å². The highest BCUT2D eigenvalue weighted by Gasteiger charge is 2.37. The van der Waals surface area contributed by atoms with Gasteiger partial charge in [0.05, 0.1) is 5.69 Å². The van der Waals surface area contributed by atoms with Crippen molar-refractivity contribution >= 4 is 62.9 Å². The van der Waals surface area contributed by atoms with Gasteiger partial charge in [-0.05, 0) is 53.1 Å². The van der Waals surface area contributed by atoms with Crippen LogP contribution in [0.25, 0.3) is 27.8 Å². The standard InChI is InChI=1S/C31H22ClN3O3/c1-19-13-14-23(16-27(19)32)35-30(37)26(29(36)33-31(35)38)15-22-18-34(28-12-5-4-11-25(22)28)17-21-9-6-8-20-7-2-3-10-24(20)21/h2-16,18H,17H2,1H3,(H,33,36,38)/b26-15-. The van der Waals surface area contributed by atoms with Crippen molar-refractivity contribution in [3.63, 3.8) is 0 Å². The number of hydrogen-bond acceptors (Lipinski definition) is 3. The molecule has 1 N–H and O–H groups in total. The van der Waals surface area contributed by atoms with Crippen LogP contribution in [-0.4, -0.2) is 22.4 Å². The van der Waals surface area contributed by atoms with Crippen LogP contribution < -0.4 is 10.2 Å². The zero-order valence-corrected chi connectivity index (χ0v) is 21.2. The first-order valence-electron chi connectivity index (χ1n) is 12.1. The maximum absolute atomic E-state index is 13.5. The third kappa shape index (κ3) is 4.05. The lowest BCUT2D eigenvalue weighted by atomic mass is 10.0. The Labute approximate surface area is 223 Å². The molecule has 0 radical (unpaired) electrons. The van der Waals surface area contributed by atoms with Crippen molar-refractivity contribution in [2.75, 3.05) is 4.90 Å². The van der Waals surface area contributed by atoms with Crippen molar-refractivity contribution in [3.8, 4) is 0 Å². The minimum atomic E-state index is -0.810. The number of aromatic nitrogens is 1. The maximum Gasteiger partial charge on any atom is 0.335 e. The Balaban J connectivity index is 1.43. The first kappa shape index (κ1) is 23.7. The van der Waals surface area contributed by atoms with Gasteiger partial charge in [0.2, 0.25) is 0 Å². The Bertz CT molecular complexity index is 1810. The number of rotatable bonds is 4. The zero-order chi connectivity index (χ0) is 26.4. The molecule has 7 heteroatoms. The lowest BCUT2D eigenvalue weighted by Gasteiger charge is -2.26. The van der Waals surface area contributed by atoms with E-state index in [1.54, 1.807) is 18.2 Å². The van der Waals surface area contributed by atoms with Gasteiger partial charge in [0.25, 0.3) is 11.8 Å². The molecule has 0 atom stereocenters. The monoisotopic (exact) mass is 519 g/mol. The predicted molar refractivity (Wildman–Crippen MR) is 150 cm³/mol. The van der Waals surface area contributed by atoms with E-state index in [0.29, 0.717) is 22.8 Å². The lowest BCUT2D eigenvalue weighted by Crippen LogP contribution is -2.54. The van der Waals surface area contributed by atoms with Gasteiger partial charge >= 0.3 is 6.03 Å². The highest BCUT2D eigenvalue weighted by Crippen LogP contribution is 2.30. The van der Waals surface area contributed by atoms with Gasteiger partial charge < -0.3 is 4.57 Å². The third-order valence-corrected chi connectivity index (χ3v) is 7.26. The van der Waals surface area contributed by atoms with E-state index in [1.165, 1.54) is 11.5 Å². The average molecular weight is 520 g/mol. The van der Waals surface area contributed by atoms with E-state index < -0.39 is 17.8 Å². The van der Waals surface area contributed by atoms with Crippen molar-refractivity contribution in [1.82, 2.24) is 9.88 Å². The van der Waals surface area contributed by atoms with E-state index in [1.807, 2.05) is 55.6 Å². The molecule has 6 nitrogen and oxygen atoms in total. The Morgan fingerprint density at radius 1 is 0.868 bits per heavy atom. The first-order valence-corrected chi connectivity index (χ1v) is 12.5. The van der Waals surface area contributed by atoms with Crippen molar-refractivity contribution in [2.45, 2.75) is 13.5 Å². The topological polar surface area (TPSA) is 71.4 Å². The van der Waals surface area contributed by atoms with Gasteiger partial charge in [-0.15, -0.1) is 0 Å². The van der Waals surface area contributed by atoms with Crippen molar-refractivity contribution in [3.05, 3.63) is 118 Å². The van der Waals surface area contributed by atoms with Crippen molar-refractivity contribution in [1.29, 1.82) is 0 Å². The molecule has 4 aromatic carbocycles. The number of barbiturate groups is 1. The number of anilines is 1. The maximum atomic E-state index is 13.5. The summed E-state index contributed by atoms with van der Waals surface area (Å²) in [5, 5.41) is 5.92. The molecule has 0 bridgehead atoms. The van der Waals surface area contributed by atoms with Gasteiger partial charge in [-0.3, -0.25) is 14.9 Å². The molecule has 6 rings (SSSR count). The smallest absolute Gasteiger partial charge is 0.335 e. The van der Waals surface area contributed by atoms with E-state index >= 15 is 0 Å². The number of carbonyl (C=O) groups is 3. The summed E-state index contributed by atoms with van der Waals surface area (Å²) >= 11 is 6.24. The predicted octanol–water partition coefficient (Wildman–Crippen LogP) is 6.47. The minimum absolute atomic E-state index is 0.130.